The van der Waals surface area contributed by atoms with Crippen molar-refractivity contribution >= 4 is 17.7 Å². The van der Waals surface area contributed by atoms with Gasteiger partial charge in [0.05, 0.1) is 12.7 Å². The fourth-order valence-corrected chi connectivity index (χ4v) is 3.05. The molecule has 0 N–H and O–H groups in total. The van der Waals surface area contributed by atoms with Gasteiger partial charge in [0.1, 0.15) is 10.8 Å². The van der Waals surface area contributed by atoms with Crippen LogP contribution in [0, 0.1) is 11.3 Å². The Labute approximate surface area is 114 Å². The number of likely N-dealkylation sites (tertiary alicyclic amines) is 1. The quantitative estimate of drug-likeness (QED) is 0.716. The van der Waals surface area contributed by atoms with Gasteiger partial charge in [-0.05, 0) is 32.4 Å². The number of hydrogen-bond acceptors (Lipinski definition) is 5. The van der Waals surface area contributed by atoms with E-state index < -0.39 is 0 Å². The molecule has 0 saturated carbocycles. The maximum absolute atomic E-state index is 11.8. The van der Waals surface area contributed by atoms with Gasteiger partial charge in [-0.15, -0.1) is 11.8 Å². The van der Waals surface area contributed by atoms with Gasteiger partial charge in [-0.1, -0.05) is 6.92 Å². The molecule has 1 aliphatic heterocycles. The normalized spacial score (nSPS) is 21.0. The Morgan fingerprint density at radius 2 is 2.11 bits per heavy atom. The molecule has 0 radical (unpaired) electrons. The number of nitriles is 1. The second-order valence-electron chi connectivity index (χ2n) is 4.52. The van der Waals surface area contributed by atoms with E-state index in [9.17, 15) is 10.1 Å². The number of hydrogen-bond donors (Lipinski definition) is 0. The molecule has 0 bridgehead atoms. The molecule has 5 heteroatoms. The zero-order valence-electron chi connectivity index (χ0n) is 11.4. The van der Waals surface area contributed by atoms with Gasteiger partial charge in [0.25, 0.3) is 0 Å². The fraction of sp³-hybridized carbons (Fsp3) is 0.846. The number of rotatable bonds is 5. The number of carbonyl (C=O) groups is 1. The molecule has 0 aliphatic carbocycles. The van der Waals surface area contributed by atoms with E-state index in [1.54, 1.807) is 11.8 Å². The largest absolute Gasteiger partial charge is 0.465 e. The van der Waals surface area contributed by atoms with E-state index in [4.69, 9.17) is 4.74 Å². The van der Waals surface area contributed by atoms with Crippen LogP contribution in [0.1, 0.15) is 33.1 Å². The molecule has 1 saturated heterocycles. The lowest BCUT2D eigenvalue weighted by atomic mass is 9.95. The van der Waals surface area contributed by atoms with Gasteiger partial charge in [-0.25, -0.2) is 0 Å². The molecule has 0 aromatic carbocycles. The van der Waals surface area contributed by atoms with E-state index in [1.165, 1.54) is 0 Å². The Kier molecular flexibility index (Phi) is 5.97. The van der Waals surface area contributed by atoms with Gasteiger partial charge in [0, 0.05) is 13.1 Å². The lowest BCUT2D eigenvalue weighted by Gasteiger charge is -2.39. The summed E-state index contributed by atoms with van der Waals surface area (Å²) in [7, 11) is 0. The molecule has 1 unspecified atom stereocenters. The van der Waals surface area contributed by atoms with Crippen molar-refractivity contribution in [1.29, 1.82) is 5.26 Å². The molecule has 0 amide bonds. The van der Waals surface area contributed by atoms with Crippen LogP contribution in [0.4, 0.5) is 0 Å². The van der Waals surface area contributed by atoms with Crippen molar-refractivity contribution in [3.63, 3.8) is 0 Å². The summed E-state index contributed by atoms with van der Waals surface area (Å²) in [6, 6.07) is 2.27. The van der Waals surface area contributed by atoms with Crippen LogP contribution in [0.25, 0.3) is 0 Å². The number of piperidine rings is 1. The number of ether oxygens (including phenoxy) is 1. The molecule has 1 aliphatic rings. The first-order chi connectivity index (χ1) is 8.62. The Balaban J connectivity index is 2.60. The first-order valence-corrected chi connectivity index (χ1v) is 7.72. The standard InChI is InChI=1S/C13H22N2O2S/c1-4-11(12(16)17-5-2)15-8-6-13(10-14,18-3)7-9-15/h11H,4-9H2,1-3H3. The van der Waals surface area contributed by atoms with Gasteiger partial charge in [0.2, 0.25) is 0 Å². The highest BCUT2D eigenvalue weighted by Gasteiger charge is 2.37. The summed E-state index contributed by atoms with van der Waals surface area (Å²) in [4.78, 5) is 14.0. The van der Waals surface area contributed by atoms with Gasteiger partial charge in [-0.2, -0.15) is 5.26 Å². The lowest BCUT2D eigenvalue weighted by molar-refractivity contribution is -0.150. The molecule has 0 spiro atoms. The van der Waals surface area contributed by atoms with Crippen molar-refractivity contribution < 1.29 is 9.53 Å². The zero-order valence-corrected chi connectivity index (χ0v) is 12.3. The average molecular weight is 270 g/mol. The molecular weight excluding hydrogens is 248 g/mol. The third-order valence-electron chi connectivity index (χ3n) is 3.59. The summed E-state index contributed by atoms with van der Waals surface area (Å²) in [5.74, 6) is -0.131. The van der Waals surface area contributed by atoms with E-state index in [-0.39, 0.29) is 16.8 Å². The first kappa shape index (κ1) is 15.3. The van der Waals surface area contributed by atoms with Crippen molar-refractivity contribution in [2.45, 2.75) is 43.9 Å². The van der Waals surface area contributed by atoms with Crippen LogP contribution < -0.4 is 0 Å². The average Bonchev–Trinajstić information content (AvgIpc) is 2.41. The Morgan fingerprint density at radius 1 is 1.50 bits per heavy atom. The highest BCUT2D eigenvalue weighted by molar-refractivity contribution is 8.00. The molecule has 0 aromatic rings. The van der Waals surface area contributed by atoms with Gasteiger partial charge >= 0.3 is 5.97 Å². The summed E-state index contributed by atoms with van der Waals surface area (Å²) in [5, 5.41) is 9.24. The minimum atomic E-state index is -0.260. The van der Waals surface area contributed by atoms with E-state index in [1.807, 2.05) is 20.1 Å². The van der Waals surface area contributed by atoms with Crippen molar-refractivity contribution in [3.05, 3.63) is 0 Å². The van der Waals surface area contributed by atoms with Gasteiger partial charge in [-0.3, -0.25) is 9.69 Å². The number of nitrogens with zero attached hydrogens (tertiary/aromatic N) is 2. The van der Waals surface area contributed by atoms with Gasteiger partial charge in [0.15, 0.2) is 0 Å². The Bertz CT molecular complexity index is 319. The second-order valence-corrected chi connectivity index (χ2v) is 5.71. The lowest BCUT2D eigenvalue weighted by Crippen LogP contribution is -2.49. The van der Waals surface area contributed by atoms with Gasteiger partial charge < -0.3 is 4.74 Å². The summed E-state index contributed by atoms with van der Waals surface area (Å²) >= 11 is 1.63. The van der Waals surface area contributed by atoms with Crippen LogP contribution in [-0.2, 0) is 9.53 Å². The van der Waals surface area contributed by atoms with Crippen LogP contribution in [0.15, 0.2) is 0 Å². The molecule has 18 heavy (non-hydrogen) atoms. The maximum atomic E-state index is 11.8. The molecule has 1 heterocycles. The number of thioether (sulfide) groups is 1. The Hall–Kier alpha value is -0.730. The van der Waals surface area contributed by atoms with E-state index in [0.29, 0.717) is 6.61 Å². The molecular formula is C13H22N2O2S. The smallest absolute Gasteiger partial charge is 0.323 e. The number of esters is 1. The SMILES string of the molecule is CCOC(=O)C(CC)N1CCC(C#N)(SC)CC1. The van der Waals surface area contributed by atoms with Crippen molar-refractivity contribution in [2.75, 3.05) is 26.0 Å². The van der Waals surface area contributed by atoms with Crippen LogP contribution in [-0.4, -0.2) is 47.6 Å². The molecule has 1 fully saturated rings. The van der Waals surface area contributed by atoms with Crippen LogP contribution in [0.2, 0.25) is 0 Å². The third-order valence-corrected chi connectivity index (χ3v) is 4.87. The topological polar surface area (TPSA) is 53.3 Å². The molecule has 102 valence electrons. The summed E-state index contributed by atoms with van der Waals surface area (Å²) in [6.07, 6.45) is 4.39. The summed E-state index contributed by atoms with van der Waals surface area (Å²) in [6.45, 7) is 5.85. The van der Waals surface area contributed by atoms with Crippen LogP contribution >= 0.6 is 11.8 Å². The summed E-state index contributed by atoms with van der Waals surface area (Å²) in [5.41, 5.74) is 0. The number of carbonyl (C=O) groups excluding carboxylic acids is 1. The Morgan fingerprint density at radius 3 is 2.50 bits per heavy atom. The summed E-state index contributed by atoms with van der Waals surface area (Å²) < 4.78 is 4.84. The van der Waals surface area contributed by atoms with Crippen molar-refractivity contribution in [1.82, 2.24) is 4.90 Å². The van der Waals surface area contributed by atoms with Crippen LogP contribution in [0.3, 0.4) is 0 Å². The van der Waals surface area contributed by atoms with E-state index in [2.05, 4.69) is 11.0 Å². The highest BCUT2D eigenvalue weighted by Crippen LogP contribution is 2.34. The molecule has 1 atom stereocenters. The third kappa shape index (κ3) is 3.39. The van der Waals surface area contributed by atoms with E-state index >= 15 is 0 Å². The minimum Gasteiger partial charge on any atom is -0.465 e. The maximum Gasteiger partial charge on any atom is 0.323 e. The molecule has 0 aromatic heterocycles. The fourth-order valence-electron chi connectivity index (χ4n) is 2.37. The predicted molar refractivity (Wildman–Crippen MR) is 73.4 cm³/mol. The molecule has 4 nitrogen and oxygen atoms in total. The minimum absolute atomic E-state index is 0.131. The molecule has 1 rings (SSSR count). The monoisotopic (exact) mass is 270 g/mol. The van der Waals surface area contributed by atoms with Crippen molar-refractivity contribution in [2.24, 2.45) is 0 Å². The highest BCUT2D eigenvalue weighted by atomic mass is 32.2. The first-order valence-electron chi connectivity index (χ1n) is 6.49. The zero-order chi connectivity index (χ0) is 13.6. The van der Waals surface area contributed by atoms with Crippen LogP contribution in [0.5, 0.6) is 0 Å². The second kappa shape index (κ2) is 7.01. The van der Waals surface area contributed by atoms with Crippen molar-refractivity contribution in [3.8, 4) is 6.07 Å². The predicted octanol–water partition coefficient (Wildman–Crippen LogP) is 2.05. The van der Waals surface area contributed by atoms with E-state index in [0.717, 1.165) is 32.4 Å².